The predicted octanol–water partition coefficient (Wildman–Crippen LogP) is 2.52. The maximum atomic E-state index is 11.7. The zero-order chi connectivity index (χ0) is 12.1. The van der Waals surface area contributed by atoms with Crippen LogP contribution in [-0.4, -0.2) is 18.2 Å². The van der Waals surface area contributed by atoms with Crippen molar-refractivity contribution in [1.29, 1.82) is 0 Å². The second kappa shape index (κ2) is 5.80. The van der Waals surface area contributed by atoms with Gasteiger partial charge in [0.05, 0.1) is 5.56 Å². The van der Waals surface area contributed by atoms with E-state index in [1.807, 2.05) is 6.07 Å². The third kappa shape index (κ3) is 3.17. The molecular formula is C12H18N2OS. The van der Waals surface area contributed by atoms with Crippen LogP contribution in [0.3, 0.4) is 0 Å². The molecule has 1 rings (SSSR count). The third-order valence-electron chi connectivity index (χ3n) is 2.38. The summed E-state index contributed by atoms with van der Waals surface area (Å²) in [4.78, 5) is 12.6. The average Bonchev–Trinajstić information content (AvgIpc) is 2.28. The Bertz CT molecular complexity index is 379. The van der Waals surface area contributed by atoms with Crippen LogP contribution in [0.1, 0.15) is 30.6 Å². The van der Waals surface area contributed by atoms with Crippen LogP contribution < -0.4 is 11.1 Å². The van der Waals surface area contributed by atoms with E-state index in [4.69, 9.17) is 5.73 Å². The molecule has 0 aliphatic rings. The van der Waals surface area contributed by atoms with Crippen molar-refractivity contribution >= 4 is 23.4 Å². The SMILES string of the molecule is CCC(C)Sc1cc(N)ccc1C(=O)NC. The topological polar surface area (TPSA) is 55.1 Å². The molecule has 1 atom stereocenters. The molecule has 0 bridgehead atoms. The lowest BCUT2D eigenvalue weighted by Gasteiger charge is -2.12. The molecule has 1 amide bonds. The Morgan fingerprint density at radius 2 is 2.25 bits per heavy atom. The summed E-state index contributed by atoms with van der Waals surface area (Å²) in [6.07, 6.45) is 1.06. The van der Waals surface area contributed by atoms with Crippen LogP contribution in [0.15, 0.2) is 23.1 Å². The van der Waals surface area contributed by atoms with Crippen LogP contribution in [0.2, 0.25) is 0 Å². The largest absolute Gasteiger partial charge is 0.399 e. The first kappa shape index (κ1) is 12.9. The Morgan fingerprint density at radius 3 is 2.81 bits per heavy atom. The highest BCUT2D eigenvalue weighted by Gasteiger charge is 2.12. The van der Waals surface area contributed by atoms with Gasteiger partial charge in [-0.25, -0.2) is 0 Å². The molecule has 4 heteroatoms. The second-order valence-corrected chi connectivity index (χ2v) is 5.15. The number of anilines is 1. The van der Waals surface area contributed by atoms with Gasteiger partial charge in [0.1, 0.15) is 0 Å². The van der Waals surface area contributed by atoms with Gasteiger partial charge >= 0.3 is 0 Å². The molecule has 3 nitrogen and oxygen atoms in total. The number of nitrogens with one attached hydrogen (secondary N) is 1. The van der Waals surface area contributed by atoms with Crippen molar-refractivity contribution in [3.8, 4) is 0 Å². The van der Waals surface area contributed by atoms with E-state index in [9.17, 15) is 4.79 Å². The summed E-state index contributed by atoms with van der Waals surface area (Å²) >= 11 is 1.69. The maximum Gasteiger partial charge on any atom is 0.252 e. The number of thioether (sulfide) groups is 1. The molecule has 0 saturated heterocycles. The van der Waals surface area contributed by atoms with E-state index >= 15 is 0 Å². The molecule has 0 radical (unpaired) electrons. The molecular weight excluding hydrogens is 220 g/mol. The molecule has 1 aromatic rings. The van der Waals surface area contributed by atoms with E-state index < -0.39 is 0 Å². The summed E-state index contributed by atoms with van der Waals surface area (Å²) in [6, 6.07) is 5.39. The summed E-state index contributed by atoms with van der Waals surface area (Å²) in [5.41, 5.74) is 7.13. The molecule has 0 aliphatic carbocycles. The fourth-order valence-corrected chi connectivity index (χ4v) is 2.35. The Hall–Kier alpha value is -1.16. The number of carbonyl (C=O) groups excluding carboxylic acids is 1. The van der Waals surface area contributed by atoms with Gasteiger partial charge in [0.2, 0.25) is 0 Å². The summed E-state index contributed by atoms with van der Waals surface area (Å²) in [5, 5.41) is 3.12. The summed E-state index contributed by atoms with van der Waals surface area (Å²) in [7, 11) is 1.64. The van der Waals surface area contributed by atoms with Gasteiger partial charge in [-0.1, -0.05) is 13.8 Å². The molecule has 88 valence electrons. The first-order valence-electron chi connectivity index (χ1n) is 5.36. The minimum atomic E-state index is -0.0641. The summed E-state index contributed by atoms with van der Waals surface area (Å²) < 4.78 is 0. The monoisotopic (exact) mass is 238 g/mol. The Kier molecular flexibility index (Phi) is 4.68. The van der Waals surface area contributed by atoms with Gasteiger partial charge < -0.3 is 11.1 Å². The number of nitrogens with two attached hydrogens (primary N) is 1. The highest BCUT2D eigenvalue weighted by molar-refractivity contribution is 8.00. The average molecular weight is 238 g/mol. The lowest BCUT2D eigenvalue weighted by Crippen LogP contribution is -2.19. The van der Waals surface area contributed by atoms with Crippen molar-refractivity contribution in [3.05, 3.63) is 23.8 Å². The molecule has 0 saturated carbocycles. The fourth-order valence-electron chi connectivity index (χ4n) is 1.26. The normalized spacial score (nSPS) is 12.2. The van der Waals surface area contributed by atoms with Gasteiger partial charge in [0.25, 0.3) is 5.91 Å². The first-order valence-corrected chi connectivity index (χ1v) is 6.24. The lowest BCUT2D eigenvalue weighted by atomic mass is 10.2. The molecule has 0 heterocycles. The summed E-state index contributed by atoms with van der Waals surface area (Å²) in [6.45, 7) is 4.27. The van der Waals surface area contributed by atoms with Crippen LogP contribution >= 0.6 is 11.8 Å². The zero-order valence-electron chi connectivity index (χ0n) is 9.91. The molecule has 0 aliphatic heterocycles. The van der Waals surface area contributed by atoms with Gasteiger partial charge in [0, 0.05) is 22.9 Å². The van der Waals surface area contributed by atoms with E-state index in [2.05, 4.69) is 19.2 Å². The van der Waals surface area contributed by atoms with Gasteiger partial charge in [-0.15, -0.1) is 11.8 Å². The van der Waals surface area contributed by atoms with Gasteiger partial charge in [-0.2, -0.15) is 0 Å². The van der Waals surface area contributed by atoms with Crippen molar-refractivity contribution < 1.29 is 4.79 Å². The van der Waals surface area contributed by atoms with E-state index in [1.54, 1.807) is 30.9 Å². The van der Waals surface area contributed by atoms with E-state index in [1.165, 1.54) is 0 Å². The van der Waals surface area contributed by atoms with Crippen LogP contribution in [-0.2, 0) is 0 Å². The summed E-state index contributed by atoms with van der Waals surface area (Å²) in [5.74, 6) is -0.0641. The van der Waals surface area contributed by atoms with Crippen LogP contribution in [0.25, 0.3) is 0 Å². The maximum absolute atomic E-state index is 11.7. The van der Waals surface area contributed by atoms with E-state index in [-0.39, 0.29) is 5.91 Å². The van der Waals surface area contributed by atoms with Crippen LogP contribution in [0, 0.1) is 0 Å². The van der Waals surface area contributed by atoms with Crippen molar-refractivity contribution in [1.82, 2.24) is 5.32 Å². The van der Waals surface area contributed by atoms with Gasteiger partial charge in [-0.3, -0.25) is 4.79 Å². The molecule has 0 fully saturated rings. The quantitative estimate of drug-likeness (QED) is 0.626. The number of carbonyl (C=O) groups is 1. The predicted molar refractivity (Wildman–Crippen MR) is 69.9 cm³/mol. The van der Waals surface area contributed by atoms with Crippen LogP contribution in [0.5, 0.6) is 0 Å². The number of amides is 1. The fraction of sp³-hybridized carbons (Fsp3) is 0.417. The zero-order valence-corrected chi connectivity index (χ0v) is 10.7. The molecule has 1 unspecified atom stereocenters. The molecule has 0 spiro atoms. The van der Waals surface area contributed by atoms with Crippen molar-refractivity contribution in [2.45, 2.75) is 30.4 Å². The lowest BCUT2D eigenvalue weighted by molar-refractivity contribution is 0.0960. The van der Waals surface area contributed by atoms with Crippen molar-refractivity contribution in [3.63, 3.8) is 0 Å². The molecule has 0 aromatic heterocycles. The highest BCUT2D eigenvalue weighted by atomic mass is 32.2. The second-order valence-electron chi connectivity index (χ2n) is 3.67. The Balaban J connectivity index is 3.03. The number of benzene rings is 1. The minimum Gasteiger partial charge on any atom is -0.399 e. The van der Waals surface area contributed by atoms with E-state index in [0.29, 0.717) is 16.5 Å². The standard InChI is InChI=1S/C12H18N2OS/c1-4-8(2)16-11-7-9(13)5-6-10(11)12(15)14-3/h5-8H,4,13H2,1-3H3,(H,14,15). The highest BCUT2D eigenvalue weighted by Crippen LogP contribution is 2.30. The van der Waals surface area contributed by atoms with Gasteiger partial charge in [-0.05, 0) is 24.6 Å². The van der Waals surface area contributed by atoms with Crippen molar-refractivity contribution in [2.24, 2.45) is 0 Å². The van der Waals surface area contributed by atoms with E-state index in [0.717, 1.165) is 11.3 Å². The van der Waals surface area contributed by atoms with Crippen LogP contribution in [0.4, 0.5) is 5.69 Å². The molecule has 3 N–H and O–H groups in total. The minimum absolute atomic E-state index is 0.0641. The number of hydrogen-bond acceptors (Lipinski definition) is 3. The molecule has 16 heavy (non-hydrogen) atoms. The molecule has 1 aromatic carbocycles. The smallest absolute Gasteiger partial charge is 0.252 e. The first-order chi connectivity index (χ1) is 7.58. The number of rotatable bonds is 4. The van der Waals surface area contributed by atoms with Gasteiger partial charge in [0.15, 0.2) is 0 Å². The third-order valence-corrected chi connectivity index (χ3v) is 3.71. The number of hydrogen-bond donors (Lipinski definition) is 2. The van der Waals surface area contributed by atoms with Crippen molar-refractivity contribution in [2.75, 3.05) is 12.8 Å². The number of nitrogen functional groups attached to an aromatic ring is 1. The Morgan fingerprint density at radius 1 is 1.56 bits per heavy atom. The Labute approximate surface area is 101 Å².